The van der Waals surface area contributed by atoms with Gasteiger partial charge in [-0.1, -0.05) is 11.6 Å². The average Bonchev–Trinajstić information content (AvgIpc) is 3.22. The minimum Gasteiger partial charge on any atom is -0.497 e. The molecule has 3 unspecified atom stereocenters. The number of fused-ring (bicyclic) bond motifs is 2. The van der Waals surface area contributed by atoms with Crippen molar-refractivity contribution in [3.63, 3.8) is 0 Å². The van der Waals surface area contributed by atoms with E-state index in [1.165, 1.54) is 0 Å². The number of methoxy groups -OCH3 is 1. The highest BCUT2D eigenvalue weighted by atomic mass is 35.5. The Morgan fingerprint density at radius 3 is 2.65 bits per heavy atom. The maximum absolute atomic E-state index is 13.4. The van der Waals surface area contributed by atoms with Crippen molar-refractivity contribution in [2.45, 2.75) is 31.3 Å². The average molecular weight is 443 g/mol. The molecular formula is C22H23ClN4O4. The number of ether oxygens (including phenoxy) is 1. The van der Waals surface area contributed by atoms with Crippen molar-refractivity contribution < 1.29 is 19.1 Å². The van der Waals surface area contributed by atoms with Crippen molar-refractivity contribution in [3.8, 4) is 5.75 Å². The number of nitrogens with one attached hydrogen (secondary N) is 3. The maximum Gasteiger partial charge on any atom is 0.250 e. The lowest BCUT2D eigenvalue weighted by molar-refractivity contribution is -0.130. The van der Waals surface area contributed by atoms with Crippen LogP contribution in [-0.2, 0) is 19.9 Å². The Morgan fingerprint density at radius 1 is 1.29 bits per heavy atom. The van der Waals surface area contributed by atoms with Gasteiger partial charge in [-0.2, -0.15) is 0 Å². The fourth-order valence-electron chi connectivity index (χ4n) is 4.57. The summed E-state index contributed by atoms with van der Waals surface area (Å²) in [6.45, 7) is 1.84. The number of aryl methyl sites for hydroxylation is 1. The molecule has 9 heteroatoms. The van der Waals surface area contributed by atoms with Crippen LogP contribution in [0.15, 0.2) is 36.4 Å². The van der Waals surface area contributed by atoms with Crippen LogP contribution in [0.2, 0.25) is 5.02 Å². The number of hydrogen-bond acceptors (Lipinski definition) is 5. The SMILES string of the molecule is COc1ccc(NC(=O)C2CC(CC(N)=O)NC23C(=O)Nc2c(C)cc(Cl)cc23)cc1. The predicted molar refractivity (Wildman–Crippen MR) is 117 cm³/mol. The minimum atomic E-state index is -1.35. The first-order valence-corrected chi connectivity index (χ1v) is 10.3. The van der Waals surface area contributed by atoms with E-state index in [2.05, 4.69) is 16.0 Å². The molecule has 0 aromatic heterocycles. The van der Waals surface area contributed by atoms with Gasteiger partial charge in [0, 0.05) is 34.4 Å². The summed E-state index contributed by atoms with van der Waals surface area (Å²) >= 11 is 6.29. The molecule has 0 radical (unpaired) electrons. The van der Waals surface area contributed by atoms with Crippen LogP contribution in [0.3, 0.4) is 0 Å². The second-order valence-electron chi connectivity index (χ2n) is 7.93. The zero-order valence-corrected chi connectivity index (χ0v) is 17.9. The first-order valence-electron chi connectivity index (χ1n) is 9.87. The summed E-state index contributed by atoms with van der Waals surface area (Å²) < 4.78 is 5.14. The molecule has 2 aromatic rings. The Hall–Kier alpha value is -3.10. The first kappa shape index (κ1) is 21.1. The van der Waals surface area contributed by atoms with E-state index in [4.69, 9.17) is 22.1 Å². The monoisotopic (exact) mass is 442 g/mol. The number of benzene rings is 2. The number of rotatable bonds is 5. The van der Waals surface area contributed by atoms with E-state index < -0.39 is 23.4 Å². The molecule has 1 fully saturated rings. The maximum atomic E-state index is 13.4. The molecule has 1 spiro atoms. The summed E-state index contributed by atoms with van der Waals surface area (Å²) in [6, 6.07) is 9.91. The zero-order chi connectivity index (χ0) is 22.3. The van der Waals surface area contributed by atoms with Gasteiger partial charge in [-0.05, 0) is 55.3 Å². The predicted octanol–water partition coefficient (Wildman–Crippen LogP) is 2.30. The fraction of sp³-hybridized carbons (Fsp3) is 0.318. The van der Waals surface area contributed by atoms with Crippen LogP contribution in [0.4, 0.5) is 11.4 Å². The quantitative estimate of drug-likeness (QED) is 0.566. The van der Waals surface area contributed by atoms with Gasteiger partial charge in [0.15, 0.2) is 0 Å². The lowest BCUT2D eigenvalue weighted by atomic mass is 9.79. The van der Waals surface area contributed by atoms with Crippen molar-refractivity contribution in [3.05, 3.63) is 52.5 Å². The smallest absolute Gasteiger partial charge is 0.250 e. The van der Waals surface area contributed by atoms with Crippen LogP contribution in [0.1, 0.15) is 24.0 Å². The molecule has 8 nitrogen and oxygen atoms in total. The third-order valence-electron chi connectivity index (χ3n) is 5.92. The van der Waals surface area contributed by atoms with E-state index in [0.717, 1.165) is 5.56 Å². The van der Waals surface area contributed by atoms with Gasteiger partial charge in [-0.3, -0.25) is 19.7 Å². The molecule has 2 aromatic carbocycles. The van der Waals surface area contributed by atoms with Crippen molar-refractivity contribution >= 4 is 40.7 Å². The van der Waals surface area contributed by atoms with Crippen molar-refractivity contribution in [2.24, 2.45) is 11.7 Å². The Bertz CT molecular complexity index is 1070. The molecule has 5 N–H and O–H groups in total. The first-order chi connectivity index (χ1) is 14.7. The number of halogens is 1. The molecule has 0 bridgehead atoms. The number of carbonyl (C=O) groups excluding carboxylic acids is 3. The number of carbonyl (C=O) groups is 3. The second-order valence-corrected chi connectivity index (χ2v) is 8.36. The van der Waals surface area contributed by atoms with E-state index in [1.54, 1.807) is 43.5 Å². The molecule has 0 aliphatic carbocycles. The molecule has 31 heavy (non-hydrogen) atoms. The summed E-state index contributed by atoms with van der Waals surface area (Å²) in [4.78, 5) is 38.2. The summed E-state index contributed by atoms with van der Waals surface area (Å²) in [5.74, 6) is -1.32. The molecule has 4 rings (SSSR count). The number of hydrogen-bond donors (Lipinski definition) is 4. The highest BCUT2D eigenvalue weighted by Gasteiger charge is 2.60. The minimum absolute atomic E-state index is 0.0101. The van der Waals surface area contributed by atoms with Crippen LogP contribution in [-0.4, -0.2) is 30.9 Å². The summed E-state index contributed by atoms with van der Waals surface area (Å²) in [7, 11) is 1.56. The third kappa shape index (κ3) is 3.62. The van der Waals surface area contributed by atoms with Gasteiger partial charge in [0.1, 0.15) is 11.3 Å². The van der Waals surface area contributed by atoms with Gasteiger partial charge in [-0.25, -0.2) is 0 Å². The fourth-order valence-corrected chi connectivity index (χ4v) is 4.84. The molecular weight excluding hydrogens is 420 g/mol. The van der Waals surface area contributed by atoms with E-state index in [-0.39, 0.29) is 24.7 Å². The molecule has 0 saturated carbocycles. The van der Waals surface area contributed by atoms with E-state index >= 15 is 0 Å². The molecule has 2 aliphatic rings. The molecule has 3 amide bonds. The van der Waals surface area contributed by atoms with Gasteiger partial charge in [0.05, 0.1) is 13.0 Å². The van der Waals surface area contributed by atoms with Gasteiger partial charge >= 0.3 is 0 Å². The molecule has 1 saturated heterocycles. The lowest BCUT2D eigenvalue weighted by Gasteiger charge is -2.29. The van der Waals surface area contributed by atoms with Crippen LogP contribution in [0, 0.1) is 12.8 Å². The lowest BCUT2D eigenvalue weighted by Crippen LogP contribution is -2.52. The topological polar surface area (TPSA) is 123 Å². The summed E-state index contributed by atoms with van der Waals surface area (Å²) in [6.07, 6.45) is 0.277. The Balaban J connectivity index is 1.73. The van der Waals surface area contributed by atoms with Gasteiger partial charge in [0.2, 0.25) is 17.7 Å². The van der Waals surface area contributed by atoms with Gasteiger partial charge < -0.3 is 21.1 Å². The summed E-state index contributed by atoms with van der Waals surface area (Å²) in [5, 5.41) is 9.47. The normalized spacial score (nSPS) is 24.0. The van der Waals surface area contributed by atoms with E-state index in [0.29, 0.717) is 27.7 Å². The zero-order valence-electron chi connectivity index (χ0n) is 17.1. The third-order valence-corrected chi connectivity index (χ3v) is 6.14. The number of primary amides is 1. The molecule has 162 valence electrons. The molecule has 2 aliphatic heterocycles. The van der Waals surface area contributed by atoms with E-state index in [9.17, 15) is 14.4 Å². The van der Waals surface area contributed by atoms with Gasteiger partial charge in [0.25, 0.3) is 0 Å². The van der Waals surface area contributed by atoms with Crippen LogP contribution in [0.5, 0.6) is 5.75 Å². The molecule has 3 atom stereocenters. The Morgan fingerprint density at radius 2 is 2.00 bits per heavy atom. The molecule has 2 heterocycles. The van der Waals surface area contributed by atoms with Crippen LogP contribution in [0.25, 0.3) is 0 Å². The summed E-state index contributed by atoms with van der Waals surface area (Å²) in [5.41, 5.74) is 6.64. The van der Waals surface area contributed by atoms with Gasteiger partial charge in [-0.15, -0.1) is 0 Å². The van der Waals surface area contributed by atoms with Crippen molar-refractivity contribution in [2.75, 3.05) is 17.7 Å². The Kier molecular flexibility index (Phi) is 5.36. The highest BCUT2D eigenvalue weighted by molar-refractivity contribution is 6.31. The number of amides is 3. The van der Waals surface area contributed by atoms with Crippen LogP contribution >= 0.6 is 11.6 Å². The highest BCUT2D eigenvalue weighted by Crippen LogP contribution is 2.49. The number of anilines is 2. The van der Waals surface area contributed by atoms with Crippen molar-refractivity contribution in [1.29, 1.82) is 0 Å². The largest absolute Gasteiger partial charge is 0.497 e. The Labute approximate surface area is 184 Å². The van der Waals surface area contributed by atoms with Crippen LogP contribution < -0.4 is 26.4 Å². The van der Waals surface area contributed by atoms with Crippen molar-refractivity contribution in [1.82, 2.24) is 5.32 Å². The second kappa shape index (κ2) is 7.86. The van der Waals surface area contributed by atoms with E-state index in [1.807, 2.05) is 6.92 Å². The standard InChI is InChI=1S/C22H23ClN4O4/c1-11-7-12(23)8-16-19(11)26-21(30)22(16)17(9-14(27-22)10-18(24)28)20(29)25-13-3-5-15(31-2)6-4-13/h3-8,14,17,27H,9-10H2,1-2H3,(H2,24,28)(H,25,29)(H,26,30). The number of nitrogens with two attached hydrogens (primary N) is 1.